The summed E-state index contributed by atoms with van der Waals surface area (Å²) < 4.78 is 11.8. The molecular weight excluding hydrogens is 229 g/mol. The van der Waals surface area contributed by atoms with E-state index in [1.165, 1.54) is 0 Å². The fourth-order valence-corrected chi connectivity index (χ4v) is 2.71. The van der Waals surface area contributed by atoms with Gasteiger partial charge < -0.3 is 15.7 Å². The van der Waals surface area contributed by atoms with E-state index in [4.69, 9.17) is 10.8 Å². The smallest absolute Gasteiger partial charge is 0.303 e. The molecule has 0 amide bonds. The molecule has 1 aromatic rings. The van der Waals surface area contributed by atoms with Crippen LogP contribution in [0.15, 0.2) is 30.3 Å². The standard InChI is InChI=1S/C10H14NO4P/c11-10(8-4-2-1-3-5-8)16(14,15)7-6-9(12)13/h1-5,10H,6-7,11H2,(H,12,13)(H,14,15). The molecule has 1 rings (SSSR count). The Kier molecular flexibility index (Phi) is 4.24. The van der Waals surface area contributed by atoms with Crippen molar-refractivity contribution in [2.45, 2.75) is 12.2 Å². The number of hydrogen-bond donors (Lipinski definition) is 3. The van der Waals surface area contributed by atoms with Crippen molar-refractivity contribution >= 4 is 13.3 Å². The lowest BCUT2D eigenvalue weighted by Gasteiger charge is -2.18. The van der Waals surface area contributed by atoms with Crippen LogP contribution in [-0.4, -0.2) is 22.1 Å². The van der Waals surface area contributed by atoms with Gasteiger partial charge in [-0.05, 0) is 5.56 Å². The molecule has 4 N–H and O–H groups in total. The first-order chi connectivity index (χ1) is 7.43. The molecule has 5 nitrogen and oxygen atoms in total. The first kappa shape index (κ1) is 12.9. The summed E-state index contributed by atoms with van der Waals surface area (Å²) in [6.07, 6.45) is -0.660. The van der Waals surface area contributed by atoms with Crippen molar-refractivity contribution in [2.24, 2.45) is 5.73 Å². The number of aliphatic carboxylic acids is 1. The van der Waals surface area contributed by atoms with Gasteiger partial charge in [-0.3, -0.25) is 9.36 Å². The van der Waals surface area contributed by atoms with Gasteiger partial charge in [-0.2, -0.15) is 0 Å². The van der Waals surface area contributed by atoms with Gasteiger partial charge in [0.1, 0.15) is 5.78 Å². The van der Waals surface area contributed by atoms with Crippen molar-refractivity contribution in [1.29, 1.82) is 0 Å². The van der Waals surface area contributed by atoms with E-state index in [0.29, 0.717) is 5.56 Å². The van der Waals surface area contributed by atoms with Gasteiger partial charge in [-0.1, -0.05) is 30.3 Å². The monoisotopic (exact) mass is 243 g/mol. The fourth-order valence-electron chi connectivity index (χ4n) is 1.28. The van der Waals surface area contributed by atoms with Gasteiger partial charge in [-0.25, -0.2) is 0 Å². The molecule has 0 saturated carbocycles. The third-order valence-electron chi connectivity index (χ3n) is 2.22. The van der Waals surface area contributed by atoms with E-state index in [1.807, 2.05) is 0 Å². The zero-order valence-electron chi connectivity index (χ0n) is 8.61. The van der Waals surface area contributed by atoms with Crippen molar-refractivity contribution in [2.75, 3.05) is 6.16 Å². The molecule has 0 spiro atoms. The zero-order chi connectivity index (χ0) is 12.2. The van der Waals surface area contributed by atoms with Crippen molar-refractivity contribution in [1.82, 2.24) is 0 Å². The quantitative estimate of drug-likeness (QED) is 0.678. The van der Waals surface area contributed by atoms with E-state index in [-0.39, 0.29) is 12.6 Å². The summed E-state index contributed by atoms with van der Waals surface area (Å²) in [4.78, 5) is 20.0. The molecule has 2 unspecified atom stereocenters. The molecule has 0 radical (unpaired) electrons. The van der Waals surface area contributed by atoms with Crippen LogP contribution in [0.4, 0.5) is 0 Å². The molecule has 88 valence electrons. The molecule has 0 aromatic heterocycles. The lowest BCUT2D eigenvalue weighted by atomic mass is 10.2. The molecule has 0 bridgehead atoms. The van der Waals surface area contributed by atoms with Gasteiger partial charge >= 0.3 is 5.97 Å². The predicted octanol–water partition coefficient (Wildman–Crippen LogP) is 1.39. The maximum Gasteiger partial charge on any atom is 0.303 e. The lowest BCUT2D eigenvalue weighted by molar-refractivity contribution is -0.136. The first-order valence-electron chi connectivity index (χ1n) is 4.77. The summed E-state index contributed by atoms with van der Waals surface area (Å²) in [5.74, 6) is -2.12. The van der Waals surface area contributed by atoms with Crippen LogP contribution in [0.3, 0.4) is 0 Å². The molecule has 1 aromatic carbocycles. The van der Waals surface area contributed by atoms with E-state index in [1.54, 1.807) is 30.3 Å². The Morgan fingerprint density at radius 3 is 2.44 bits per heavy atom. The molecule has 0 aliphatic carbocycles. The van der Waals surface area contributed by atoms with Crippen LogP contribution in [0.2, 0.25) is 0 Å². The molecule has 0 saturated heterocycles. The lowest BCUT2D eigenvalue weighted by Crippen LogP contribution is -2.14. The highest BCUT2D eigenvalue weighted by Crippen LogP contribution is 2.52. The summed E-state index contributed by atoms with van der Waals surface area (Å²) in [6.45, 7) is 0. The molecule has 2 atom stereocenters. The second kappa shape index (κ2) is 5.25. The molecule has 6 heteroatoms. The van der Waals surface area contributed by atoms with Crippen LogP contribution in [0.25, 0.3) is 0 Å². The highest BCUT2D eigenvalue weighted by molar-refractivity contribution is 7.58. The highest BCUT2D eigenvalue weighted by Gasteiger charge is 2.29. The predicted molar refractivity (Wildman–Crippen MR) is 60.3 cm³/mol. The summed E-state index contributed by atoms with van der Waals surface area (Å²) in [5.41, 5.74) is 6.19. The minimum Gasteiger partial charge on any atom is -0.481 e. The number of carboxylic acids is 1. The summed E-state index contributed by atoms with van der Waals surface area (Å²) >= 11 is 0. The number of hydrogen-bond acceptors (Lipinski definition) is 3. The van der Waals surface area contributed by atoms with Gasteiger partial charge in [0.05, 0.1) is 6.42 Å². The van der Waals surface area contributed by atoms with E-state index < -0.39 is 19.1 Å². The van der Waals surface area contributed by atoms with Crippen molar-refractivity contribution in [3.63, 3.8) is 0 Å². The summed E-state index contributed by atoms with van der Waals surface area (Å²) in [6, 6.07) is 8.50. The zero-order valence-corrected chi connectivity index (χ0v) is 9.51. The van der Waals surface area contributed by atoms with Crippen LogP contribution in [0.1, 0.15) is 17.8 Å². The number of benzene rings is 1. The maximum absolute atomic E-state index is 11.8. The minimum atomic E-state index is -3.66. The Balaban J connectivity index is 2.76. The average molecular weight is 243 g/mol. The maximum atomic E-state index is 11.8. The van der Waals surface area contributed by atoms with E-state index in [9.17, 15) is 14.3 Å². The Morgan fingerprint density at radius 2 is 1.94 bits per heavy atom. The third-order valence-corrected chi connectivity index (χ3v) is 4.25. The second-order valence-corrected chi connectivity index (χ2v) is 5.99. The number of carboxylic acid groups (broad SMARTS) is 1. The van der Waals surface area contributed by atoms with E-state index >= 15 is 0 Å². The van der Waals surface area contributed by atoms with Crippen molar-refractivity contribution in [3.05, 3.63) is 35.9 Å². The van der Waals surface area contributed by atoms with Crippen molar-refractivity contribution < 1.29 is 19.4 Å². The fraction of sp³-hybridized carbons (Fsp3) is 0.300. The van der Waals surface area contributed by atoms with Crippen LogP contribution < -0.4 is 5.73 Å². The number of carbonyl (C=O) groups is 1. The Labute approximate surface area is 93.4 Å². The average Bonchev–Trinajstić information content (AvgIpc) is 2.27. The van der Waals surface area contributed by atoms with E-state index in [0.717, 1.165) is 0 Å². The largest absolute Gasteiger partial charge is 0.481 e. The first-order valence-corrected chi connectivity index (χ1v) is 6.68. The topological polar surface area (TPSA) is 101 Å². The molecule has 0 aliphatic heterocycles. The van der Waals surface area contributed by atoms with Crippen molar-refractivity contribution in [3.8, 4) is 0 Å². The second-order valence-electron chi connectivity index (χ2n) is 3.48. The number of rotatable bonds is 5. The van der Waals surface area contributed by atoms with Gasteiger partial charge in [0.15, 0.2) is 0 Å². The van der Waals surface area contributed by atoms with Gasteiger partial charge in [0.2, 0.25) is 7.37 Å². The summed E-state index contributed by atoms with van der Waals surface area (Å²) in [5, 5.41) is 8.46. The number of nitrogens with two attached hydrogens (primary N) is 1. The highest BCUT2D eigenvalue weighted by atomic mass is 31.2. The molecule has 16 heavy (non-hydrogen) atoms. The van der Waals surface area contributed by atoms with Gasteiger partial charge in [0.25, 0.3) is 0 Å². The molecule has 0 fully saturated rings. The Bertz CT molecular complexity index is 407. The van der Waals surface area contributed by atoms with Gasteiger partial charge in [-0.15, -0.1) is 0 Å². The Morgan fingerprint density at radius 1 is 1.38 bits per heavy atom. The molecule has 0 heterocycles. The van der Waals surface area contributed by atoms with Crippen LogP contribution in [-0.2, 0) is 9.36 Å². The molecule has 0 aliphatic rings. The van der Waals surface area contributed by atoms with Crippen LogP contribution in [0, 0.1) is 0 Å². The minimum absolute atomic E-state index is 0.307. The third kappa shape index (κ3) is 3.45. The normalized spacial score (nSPS) is 16.4. The summed E-state index contributed by atoms with van der Waals surface area (Å²) in [7, 11) is -3.66. The van der Waals surface area contributed by atoms with E-state index in [2.05, 4.69) is 0 Å². The van der Waals surface area contributed by atoms with Crippen LogP contribution >= 0.6 is 7.37 Å². The SMILES string of the molecule is NC(c1ccccc1)P(=O)(O)CCC(=O)O. The molecular formula is C10H14NO4P. The van der Waals surface area contributed by atoms with Crippen LogP contribution in [0.5, 0.6) is 0 Å². The Hall–Kier alpha value is -1.16. The van der Waals surface area contributed by atoms with Gasteiger partial charge in [0, 0.05) is 6.16 Å².